The first kappa shape index (κ1) is 13.1. The fourth-order valence-corrected chi connectivity index (χ4v) is 1.95. The molecule has 0 spiro atoms. The molecule has 0 aliphatic carbocycles. The number of halogens is 1. The fourth-order valence-electron chi connectivity index (χ4n) is 1.81. The number of nitrogens with one attached hydrogen (secondary N) is 1. The highest BCUT2D eigenvalue weighted by Gasteiger charge is 2.08. The Balaban J connectivity index is 1.98. The molecule has 1 aromatic heterocycles. The lowest BCUT2D eigenvalue weighted by Gasteiger charge is -2.14. The molecule has 3 nitrogen and oxygen atoms in total. The SMILES string of the molecule is Cc1ccc([C@@H](C)NCc2ncc(Cl)n2C)cc1. The molecule has 2 aromatic rings. The number of aryl methyl sites for hydroxylation is 1. The Morgan fingerprint density at radius 3 is 2.56 bits per heavy atom. The number of benzene rings is 1. The molecule has 0 radical (unpaired) electrons. The highest BCUT2D eigenvalue weighted by Crippen LogP contribution is 2.14. The number of hydrogen-bond acceptors (Lipinski definition) is 2. The van der Waals surface area contributed by atoms with Gasteiger partial charge in [0, 0.05) is 13.1 Å². The van der Waals surface area contributed by atoms with Crippen LogP contribution in [0.4, 0.5) is 0 Å². The second kappa shape index (κ2) is 5.55. The van der Waals surface area contributed by atoms with Crippen molar-refractivity contribution in [1.29, 1.82) is 0 Å². The van der Waals surface area contributed by atoms with E-state index < -0.39 is 0 Å². The summed E-state index contributed by atoms with van der Waals surface area (Å²) in [6, 6.07) is 8.86. The van der Waals surface area contributed by atoms with Gasteiger partial charge in [0.05, 0.1) is 12.7 Å². The van der Waals surface area contributed by atoms with Crippen molar-refractivity contribution in [2.24, 2.45) is 7.05 Å². The monoisotopic (exact) mass is 263 g/mol. The van der Waals surface area contributed by atoms with Crippen molar-refractivity contribution >= 4 is 11.6 Å². The molecular formula is C14H18ClN3. The van der Waals surface area contributed by atoms with Gasteiger partial charge in [-0.25, -0.2) is 4.98 Å². The zero-order valence-electron chi connectivity index (χ0n) is 10.9. The zero-order valence-corrected chi connectivity index (χ0v) is 11.7. The molecule has 18 heavy (non-hydrogen) atoms. The van der Waals surface area contributed by atoms with Crippen LogP contribution >= 0.6 is 11.6 Å². The van der Waals surface area contributed by atoms with Gasteiger partial charge in [0.1, 0.15) is 11.0 Å². The zero-order chi connectivity index (χ0) is 13.1. The van der Waals surface area contributed by atoms with Gasteiger partial charge in [-0.2, -0.15) is 0 Å². The third-order valence-electron chi connectivity index (χ3n) is 3.17. The number of hydrogen-bond donors (Lipinski definition) is 1. The average molecular weight is 264 g/mol. The van der Waals surface area contributed by atoms with Gasteiger partial charge < -0.3 is 9.88 Å². The standard InChI is InChI=1S/C14H18ClN3/c1-10-4-6-12(7-5-10)11(2)16-9-14-17-8-13(15)18(14)3/h4-8,11,16H,9H2,1-3H3/t11-/m1/s1. The molecule has 0 unspecified atom stereocenters. The maximum Gasteiger partial charge on any atom is 0.128 e. The van der Waals surface area contributed by atoms with E-state index in [4.69, 9.17) is 11.6 Å². The third-order valence-corrected chi connectivity index (χ3v) is 3.52. The van der Waals surface area contributed by atoms with E-state index in [0.29, 0.717) is 17.7 Å². The topological polar surface area (TPSA) is 29.9 Å². The molecule has 1 heterocycles. The fraction of sp³-hybridized carbons (Fsp3) is 0.357. The van der Waals surface area contributed by atoms with E-state index in [1.165, 1.54) is 11.1 Å². The van der Waals surface area contributed by atoms with E-state index in [1.807, 2.05) is 11.6 Å². The molecule has 0 aliphatic heterocycles. The summed E-state index contributed by atoms with van der Waals surface area (Å²) >= 11 is 5.95. The molecule has 0 bridgehead atoms. The molecule has 96 valence electrons. The van der Waals surface area contributed by atoms with Crippen LogP contribution in [0.25, 0.3) is 0 Å². The minimum Gasteiger partial charge on any atom is -0.321 e. The van der Waals surface area contributed by atoms with Crippen molar-refractivity contribution in [2.75, 3.05) is 0 Å². The lowest BCUT2D eigenvalue weighted by Crippen LogP contribution is -2.20. The highest BCUT2D eigenvalue weighted by atomic mass is 35.5. The summed E-state index contributed by atoms with van der Waals surface area (Å²) in [6.45, 7) is 4.95. The Morgan fingerprint density at radius 2 is 2.00 bits per heavy atom. The lowest BCUT2D eigenvalue weighted by molar-refractivity contribution is 0.549. The van der Waals surface area contributed by atoms with Crippen LogP contribution in [0.15, 0.2) is 30.5 Å². The molecule has 4 heteroatoms. The van der Waals surface area contributed by atoms with Crippen molar-refractivity contribution in [3.05, 3.63) is 52.6 Å². The molecule has 1 atom stereocenters. The molecule has 1 aromatic carbocycles. The average Bonchev–Trinajstić information content (AvgIpc) is 2.68. The predicted molar refractivity (Wildman–Crippen MR) is 74.7 cm³/mol. The molecule has 0 fully saturated rings. The van der Waals surface area contributed by atoms with E-state index in [1.54, 1.807) is 6.20 Å². The number of imidazole rings is 1. The van der Waals surface area contributed by atoms with Gasteiger partial charge >= 0.3 is 0 Å². The Hall–Kier alpha value is -1.32. The van der Waals surface area contributed by atoms with E-state index in [2.05, 4.69) is 48.4 Å². The van der Waals surface area contributed by atoms with Crippen molar-refractivity contribution in [2.45, 2.75) is 26.4 Å². The molecule has 1 N–H and O–H groups in total. The normalized spacial score (nSPS) is 12.7. The van der Waals surface area contributed by atoms with Gasteiger partial charge in [-0.3, -0.25) is 0 Å². The van der Waals surface area contributed by atoms with Gasteiger partial charge in [0.2, 0.25) is 0 Å². The number of rotatable bonds is 4. The second-order valence-corrected chi connectivity index (χ2v) is 4.96. The van der Waals surface area contributed by atoms with E-state index in [-0.39, 0.29) is 0 Å². The Bertz CT molecular complexity index is 516. The first-order chi connectivity index (χ1) is 8.58. The molecule has 0 saturated heterocycles. The lowest BCUT2D eigenvalue weighted by atomic mass is 10.1. The van der Waals surface area contributed by atoms with Crippen LogP contribution in [0, 0.1) is 6.92 Å². The first-order valence-corrected chi connectivity index (χ1v) is 6.42. The van der Waals surface area contributed by atoms with Crippen molar-refractivity contribution in [3.8, 4) is 0 Å². The molecule has 0 aliphatic rings. The van der Waals surface area contributed by atoms with Gasteiger partial charge in [-0.1, -0.05) is 41.4 Å². The van der Waals surface area contributed by atoms with Crippen molar-refractivity contribution in [1.82, 2.24) is 14.9 Å². The van der Waals surface area contributed by atoms with Crippen LogP contribution in [0.2, 0.25) is 5.15 Å². The maximum atomic E-state index is 5.95. The Labute approximate surface area is 113 Å². The number of aromatic nitrogens is 2. The van der Waals surface area contributed by atoms with Gasteiger partial charge in [0.15, 0.2) is 0 Å². The van der Waals surface area contributed by atoms with Crippen LogP contribution in [0.5, 0.6) is 0 Å². The summed E-state index contributed by atoms with van der Waals surface area (Å²) in [7, 11) is 1.92. The van der Waals surface area contributed by atoms with Crippen LogP contribution in [0.3, 0.4) is 0 Å². The molecular weight excluding hydrogens is 246 g/mol. The predicted octanol–water partition coefficient (Wildman–Crippen LogP) is 3.23. The van der Waals surface area contributed by atoms with Gasteiger partial charge in [-0.15, -0.1) is 0 Å². The summed E-state index contributed by atoms with van der Waals surface area (Å²) in [5.74, 6) is 0.943. The van der Waals surface area contributed by atoms with Crippen LogP contribution in [-0.4, -0.2) is 9.55 Å². The number of nitrogens with zero attached hydrogens (tertiary/aromatic N) is 2. The highest BCUT2D eigenvalue weighted by molar-refractivity contribution is 6.29. The van der Waals surface area contributed by atoms with Crippen LogP contribution in [-0.2, 0) is 13.6 Å². The second-order valence-electron chi connectivity index (χ2n) is 4.57. The Morgan fingerprint density at radius 1 is 1.33 bits per heavy atom. The largest absolute Gasteiger partial charge is 0.321 e. The van der Waals surface area contributed by atoms with E-state index in [9.17, 15) is 0 Å². The molecule has 2 rings (SSSR count). The smallest absolute Gasteiger partial charge is 0.128 e. The molecule has 0 amide bonds. The first-order valence-electron chi connectivity index (χ1n) is 6.04. The summed E-state index contributed by atoms with van der Waals surface area (Å²) in [6.07, 6.45) is 1.68. The summed E-state index contributed by atoms with van der Waals surface area (Å²) in [5.41, 5.74) is 2.56. The Kier molecular flexibility index (Phi) is 4.04. The van der Waals surface area contributed by atoms with Crippen LogP contribution in [0.1, 0.15) is 29.9 Å². The van der Waals surface area contributed by atoms with Crippen LogP contribution < -0.4 is 5.32 Å². The minimum absolute atomic E-state index is 0.293. The minimum atomic E-state index is 0.293. The van der Waals surface area contributed by atoms with Crippen molar-refractivity contribution < 1.29 is 0 Å². The van der Waals surface area contributed by atoms with Gasteiger partial charge in [0.25, 0.3) is 0 Å². The third kappa shape index (κ3) is 2.92. The summed E-state index contributed by atoms with van der Waals surface area (Å²) < 4.78 is 1.89. The van der Waals surface area contributed by atoms with E-state index >= 15 is 0 Å². The van der Waals surface area contributed by atoms with E-state index in [0.717, 1.165) is 5.82 Å². The van der Waals surface area contributed by atoms with Crippen molar-refractivity contribution in [3.63, 3.8) is 0 Å². The summed E-state index contributed by atoms with van der Waals surface area (Å²) in [5, 5.41) is 4.11. The van der Waals surface area contributed by atoms with Gasteiger partial charge in [-0.05, 0) is 19.4 Å². The maximum absolute atomic E-state index is 5.95. The molecule has 0 saturated carbocycles. The quantitative estimate of drug-likeness (QED) is 0.918. The summed E-state index contributed by atoms with van der Waals surface area (Å²) in [4.78, 5) is 4.26.